The van der Waals surface area contributed by atoms with Crippen LogP contribution < -0.4 is 4.90 Å². The highest BCUT2D eigenvalue weighted by Gasteiger charge is 2.30. The van der Waals surface area contributed by atoms with Crippen LogP contribution in [0.3, 0.4) is 0 Å². The highest BCUT2D eigenvalue weighted by Crippen LogP contribution is 2.28. The number of aliphatic carboxylic acids is 1. The van der Waals surface area contributed by atoms with E-state index in [-0.39, 0.29) is 6.61 Å². The van der Waals surface area contributed by atoms with Crippen molar-refractivity contribution in [3.05, 3.63) is 29.3 Å². The molecule has 0 radical (unpaired) electrons. The summed E-state index contributed by atoms with van der Waals surface area (Å²) in [5, 5.41) is 9.66. The lowest BCUT2D eigenvalue weighted by atomic mass is 10.2. The number of ether oxygens (including phenoxy) is 1. The molecule has 1 heterocycles. The molecule has 1 N–H and O–H groups in total. The molecule has 86 valence electrons. The van der Waals surface area contributed by atoms with Crippen molar-refractivity contribution in [3.8, 4) is 0 Å². The van der Waals surface area contributed by atoms with Crippen molar-refractivity contribution in [2.45, 2.75) is 6.04 Å². The second-order valence-electron chi connectivity index (χ2n) is 3.57. The van der Waals surface area contributed by atoms with Gasteiger partial charge in [-0.1, -0.05) is 23.7 Å². The molecule has 0 spiro atoms. The fourth-order valence-corrected chi connectivity index (χ4v) is 2.03. The van der Waals surface area contributed by atoms with Gasteiger partial charge in [0.1, 0.15) is 0 Å². The van der Waals surface area contributed by atoms with E-state index in [1.807, 2.05) is 18.2 Å². The first-order valence-electron chi connectivity index (χ1n) is 5.02. The minimum Gasteiger partial charge on any atom is -0.480 e. The molecule has 1 aromatic rings. The maximum atomic E-state index is 11.1. The number of halogens is 1. The van der Waals surface area contributed by atoms with Crippen LogP contribution in [0, 0.1) is 0 Å². The topological polar surface area (TPSA) is 49.8 Å². The minimum absolute atomic E-state index is 0.195. The van der Waals surface area contributed by atoms with Crippen LogP contribution in [-0.2, 0) is 9.53 Å². The average Bonchev–Trinajstić information content (AvgIpc) is 2.29. The van der Waals surface area contributed by atoms with E-state index >= 15 is 0 Å². The predicted molar refractivity (Wildman–Crippen MR) is 61.0 cm³/mol. The first-order chi connectivity index (χ1) is 7.70. The molecule has 1 aromatic carbocycles. The van der Waals surface area contributed by atoms with Crippen LogP contribution >= 0.6 is 11.6 Å². The number of carboxylic acids is 1. The number of carboxylic acid groups (broad SMARTS) is 1. The van der Waals surface area contributed by atoms with Crippen LogP contribution in [0.25, 0.3) is 0 Å². The summed E-state index contributed by atoms with van der Waals surface area (Å²) in [4.78, 5) is 12.9. The molecule has 1 fully saturated rings. The van der Waals surface area contributed by atoms with E-state index in [4.69, 9.17) is 21.4 Å². The van der Waals surface area contributed by atoms with Gasteiger partial charge in [-0.25, -0.2) is 4.79 Å². The third-order valence-electron chi connectivity index (χ3n) is 2.58. The van der Waals surface area contributed by atoms with Crippen LogP contribution in [0.1, 0.15) is 0 Å². The Labute approximate surface area is 98.4 Å². The summed E-state index contributed by atoms with van der Waals surface area (Å²) < 4.78 is 5.17. The smallest absolute Gasteiger partial charge is 0.328 e. The van der Waals surface area contributed by atoms with Gasteiger partial charge < -0.3 is 14.7 Å². The van der Waals surface area contributed by atoms with Crippen molar-refractivity contribution in [1.82, 2.24) is 0 Å². The Hall–Kier alpha value is -1.26. The lowest BCUT2D eigenvalue weighted by Crippen LogP contribution is -2.50. The SMILES string of the molecule is O=C(O)C1COCCN1c1ccccc1Cl. The normalized spacial score (nSPS) is 20.8. The van der Waals surface area contributed by atoms with Gasteiger partial charge in [-0.2, -0.15) is 0 Å². The summed E-state index contributed by atoms with van der Waals surface area (Å²) in [5.74, 6) is -0.889. The zero-order valence-corrected chi connectivity index (χ0v) is 9.35. The summed E-state index contributed by atoms with van der Waals surface area (Å²) in [6.07, 6.45) is 0. The molecule has 1 atom stereocenters. The molecule has 1 saturated heterocycles. The highest BCUT2D eigenvalue weighted by molar-refractivity contribution is 6.33. The first kappa shape index (κ1) is 11.2. The quantitative estimate of drug-likeness (QED) is 0.855. The zero-order chi connectivity index (χ0) is 11.5. The molecule has 4 nitrogen and oxygen atoms in total. The number of rotatable bonds is 2. The number of morpholine rings is 1. The van der Waals surface area contributed by atoms with E-state index in [2.05, 4.69) is 0 Å². The summed E-state index contributed by atoms with van der Waals surface area (Å²) in [5.41, 5.74) is 0.750. The third kappa shape index (κ3) is 2.13. The second kappa shape index (κ2) is 4.72. The molecule has 16 heavy (non-hydrogen) atoms. The molecule has 0 aromatic heterocycles. The van der Waals surface area contributed by atoms with Crippen molar-refractivity contribution in [2.24, 2.45) is 0 Å². The fraction of sp³-hybridized carbons (Fsp3) is 0.364. The number of hydrogen-bond donors (Lipinski definition) is 1. The molecule has 0 amide bonds. The number of para-hydroxylation sites is 1. The fourth-order valence-electron chi connectivity index (χ4n) is 1.78. The Bertz CT molecular complexity index is 397. The van der Waals surface area contributed by atoms with Crippen molar-refractivity contribution in [1.29, 1.82) is 0 Å². The van der Waals surface area contributed by atoms with E-state index in [0.717, 1.165) is 5.69 Å². The molecule has 1 aliphatic heterocycles. The molecule has 0 aliphatic carbocycles. The van der Waals surface area contributed by atoms with Crippen LogP contribution in [-0.4, -0.2) is 36.9 Å². The first-order valence-corrected chi connectivity index (χ1v) is 5.39. The number of benzene rings is 1. The van der Waals surface area contributed by atoms with Gasteiger partial charge in [0.25, 0.3) is 0 Å². The van der Waals surface area contributed by atoms with Crippen molar-refractivity contribution < 1.29 is 14.6 Å². The Morgan fingerprint density at radius 2 is 2.25 bits per heavy atom. The number of carbonyl (C=O) groups is 1. The van der Waals surface area contributed by atoms with Crippen molar-refractivity contribution in [2.75, 3.05) is 24.7 Å². The van der Waals surface area contributed by atoms with E-state index < -0.39 is 12.0 Å². The number of anilines is 1. The molecule has 2 rings (SSSR count). The summed E-state index contributed by atoms with van der Waals surface area (Å²) in [6.45, 7) is 1.26. The molecule has 1 aliphatic rings. The Kier molecular flexibility index (Phi) is 3.31. The van der Waals surface area contributed by atoms with E-state index in [0.29, 0.717) is 18.2 Å². The lowest BCUT2D eigenvalue weighted by molar-refractivity contribution is -0.141. The van der Waals surface area contributed by atoms with Crippen LogP contribution in [0.15, 0.2) is 24.3 Å². The van der Waals surface area contributed by atoms with Crippen LogP contribution in [0.2, 0.25) is 5.02 Å². The van der Waals surface area contributed by atoms with Crippen molar-refractivity contribution >= 4 is 23.3 Å². The van der Waals surface area contributed by atoms with Gasteiger partial charge >= 0.3 is 5.97 Å². The molecule has 0 saturated carbocycles. The van der Waals surface area contributed by atoms with E-state index in [1.54, 1.807) is 11.0 Å². The van der Waals surface area contributed by atoms with E-state index in [1.165, 1.54) is 0 Å². The highest BCUT2D eigenvalue weighted by atomic mass is 35.5. The Morgan fingerprint density at radius 1 is 1.50 bits per heavy atom. The van der Waals surface area contributed by atoms with Crippen LogP contribution in [0.5, 0.6) is 0 Å². The minimum atomic E-state index is -0.889. The van der Waals surface area contributed by atoms with E-state index in [9.17, 15) is 4.79 Å². The van der Waals surface area contributed by atoms with Gasteiger partial charge in [-0.05, 0) is 12.1 Å². The number of nitrogens with zero attached hydrogens (tertiary/aromatic N) is 1. The maximum Gasteiger partial charge on any atom is 0.328 e. The van der Waals surface area contributed by atoms with Gasteiger partial charge in [0.2, 0.25) is 0 Å². The molecule has 5 heteroatoms. The summed E-state index contributed by atoms with van der Waals surface area (Å²) >= 11 is 6.05. The second-order valence-corrected chi connectivity index (χ2v) is 3.98. The van der Waals surface area contributed by atoms with Gasteiger partial charge in [-0.3, -0.25) is 0 Å². The molecule has 1 unspecified atom stereocenters. The molecular weight excluding hydrogens is 230 g/mol. The number of hydrogen-bond acceptors (Lipinski definition) is 3. The molecular formula is C11H12ClNO3. The van der Waals surface area contributed by atoms with Gasteiger partial charge in [0.15, 0.2) is 6.04 Å². The van der Waals surface area contributed by atoms with Crippen molar-refractivity contribution in [3.63, 3.8) is 0 Å². The Morgan fingerprint density at radius 3 is 2.94 bits per heavy atom. The Balaban J connectivity index is 2.30. The standard InChI is InChI=1S/C11H12ClNO3/c12-8-3-1-2-4-9(8)13-5-6-16-7-10(13)11(14)15/h1-4,10H,5-7H2,(H,14,15). The van der Waals surface area contributed by atoms with Gasteiger partial charge in [-0.15, -0.1) is 0 Å². The maximum absolute atomic E-state index is 11.1. The zero-order valence-electron chi connectivity index (χ0n) is 8.60. The summed E-state index contributed by atoms with van der Waals surface area (Å²) in [6, 6.07) is 6.58. The monoisotopic (exact) mass is 241 g/mol. The summed E-state index contributed by atoms with van der Waals surface area (Å²) in [7, 11) is 0. The lowest BCUT2D eigenvalue weighted by Gasteiger charge is -2.35. The average molecular weight is 242 g/mol. The van der Waals surface area contributed by atoms with Gasteiger partial charge in [0.05, 0.1) is 23.9 Å². The predicted octanol–water partition coefficient (Wildman–Crippen LogP) is 1.63. The third-order valence-corrected chi connectivity index (χ3v) is 2.90. The van der Waals surface area contributed by atoms with Crippen LogP contribution in [0.4, 0.5) is 5.69 Å². The largest absolute Gasteiger partial charge is 0.480 e. The van der Waals surface area contributed by atoms with Gasteiger partial charge in [0, 0.05) is 6.54 Å². The molecule has 0 bridgehead atoms.